The summed E-state index contributed by atoms with van der Waals surface area (Å²) in [6.45, 7) is 4.21. The van der Waals surface area contributed by atoms with Gasteiger partial charge >= 0.3 is 0 Å². The highest BCUT2D eigenvalue weighted by atomic mass is 16.5. The minimum absolute atomic E-state index is 0.578. The summed E-state index contributed by atoms with van der Waals surface area (Å²) in [5.41, 5.74) is 1.66. The zero-order chi connectivity index (χ0) is 10.9. The van der Waals surface area contributed by atoms with Crippen molar-refractivity contribution in [2.24, 2.45) is 0 Å². The molecule has 0 bridgehead atoms. The third-order valence-electron chi connectivity index (χ3n) is 3.08. The van der Waals surface area contributed by atoms with Gasteiger partial charge in [-0.2, -0.15) is 0 Å². The SMILES string of the molecule is COCCC(C)NCCC1=CCCCC1. The summed E-state index contributed by atoms with van der Waals surface area (Å²) in [4.78, 5) is 0. The Morgan fingerprint density at radius 3 is 3.00 bits per heavy atom. The van der Waals surface area contributed by atoms with Gasteiger partial charge in [0.25, 0.3) is 0 Å². The van der Waals surface area contributed by atoms with E-state index < -0.39 is 0 Å². The fraction of sp³-hybridized carbons (Fsp3) is 0.846. The van der Waals surface area contributed by atoms with E-state index in [1.165, 1.54) is 32.1 Å². The Balaban J connectivity index is 2.02. The fourth-order valence-electron chi connectivity index (χ4n) is 2.01. The number of allylic oxidation sites excluding steroid dienone is 1. The molecule has 0 amide bonds. The molecule has 2 heteroatoms. The lowest BCUT2D eigenvalue weighted by atomic mass is 9.97. The normalized spacial score (nSPS) is 18.7. The van der Waals surface area contributed by atoms with Gasteiger partial charge in [-0.15, -0.1) is 0 Å². The predicted octanol–water partition coefficient (Wildman–Crippen LogP) is 2.89. The Morgan fingerprint density at radius 1 is 1.47 bits per heavy atom. The molecular formula is C13H25NO. The third kappa shape index (κ3) is 5.95. The van der Waals surface area contributed by atoms with Gasteiger partial charge in [0.05, 0.1) is 0 Å². The summed E-state index contributed by atoms with van der Waals surface area (Å²) in [6.07, 6.45) is 10.2. The highest BCUT2D eigenvalue weighted by molar-refractivity contribution is 5.05. The quantitative estimate of drug-likeness (QED) is 0.654. The van der Waals surface area contributed by atoms with Crippen molar-refractivity contribution in [2.75, 3.05) is 20.3 Å². The molecule has 0 fully saturated rings. The van der Waals surface area contributed by atoms with E-state index in [4.69, 9.17) is 4.74 Å². The van der Waals surface area contributed by atoms with Gasteiger partial charge < -0.3 is 10.1 Å². The lowest BCUT2D eigenvalue weighted by Crippen LogP contribution is -2.28. The van der Waals surface area contributed by atoms with Crippen LogP contribution in [-0.4, -0.2) is 26.3 Å². The van der Waals surface area contributed by atoms with Crippen LogP contribution in [0, 0.1) is 0 Å². The Morgan fingerprint density at radius 2 is 2.33 bits per heavy atom. The molecule has 88 valence electrons. The summed E-state index contributed by atoms with van der Waals surface area (Å²) < 4.78 is 5.06. The van der Waals surface area contributed by atoms with E-state index >= 15 is 0 Å². The van der Waals surface area contributed by atoms with Gasteiger partial charge in [-0.1, -0.05) is 11.6 Å². The maximum atomic E-state index is 5.06. The topological polar surface area (TPSA) is 21.3 Å². The van der Waals surface area contributed by atoms with Gasteiger partial charge in [-0.3, -0.25) is 0 Å². The van der Waals surface area contributed by atoms with Gasteiger partial charge in [0.15, 0.2) is 0 Å². The monoisotopic (exact) mass is 211 g/mol. The molecule has 0 aromatic heterocycles. The maximum absolute atomic E-state index is 5.06. The lowest BCUT2D eigenvalue weighted by molar-refractivity contribution is 0.185. The first-order valence-electron chi connectivity index (χ1n) is 6.23. The van der Waals surface area contributed by atoms with Gasteiger partial charge in [-0.25, -0.2) is 0 Å². The first kappa shape index (κ1) is 12.7. The minimum atomic E-state index is 0.578. The van der Waals surface area contributed by atoms with E-state index in [0.29, 0.717) is 6.04 Å². The van der Waals surface area contributed by atoms with Crippen molar-refractivity contribution in [1.82, 2.24) is 5.32 Å². The lowest BCUT2D eigenvalue weighted by Gasteiger charge is -2.16. The van der Waals surface area contributed by atoms with Crippen molar-refractivity contribution in [3.63, 3.8) is 0 Å². The molecule has 0 aromatic carbocycles. The number of rotatable bonds is 7. The zero-order valence-corrected chi connectivity index (χ0v) is 10.2. The van der Waals surface area contributed by atoms with Crippen LogP contribution in [-0.2, 0) is 4.74 Å². The van der Waals surface area contributed by atoms with Crippen molar-refractivity contribution in [3.05, 3.63) is 11.6 Å². The molecule has 0 aliphatic heterocycles. The molecule has 1 aliphatic rings. The smallest absolute Gasteiger partial charge is 0.0476 e. The largest absolute Gasteiger partial charge is 0.385 e. The van der Waals surface area contributed by atoms with Crippen LogP contribution in [0.1, 0.15) is 45.4 Å². The molecule has 1 aliphatic carbocycles. The van der Waals surface area contributed by atoms with E-state index in [1.54, 1.807) is 12.7 Å². The summed E-state index contributed by atoms with van der Waals surface area (Å²) in [7, 11) is 1.76. The Hall–Kier alpha value is -0.340. The van der Waals surface area contributed by atoms with Crippen LogP contribution in [0.5, 0.6) is 0 Å². The average Bonchev–Trinajstić information content (AvgIpc) is 2.28. The van der Waals surface area contributed by atoms with Crippen LogP contribution in [0.15, 0.2) is 11.6 Å². The maximum Gasteiger partial charge on any atom is 0.0476 e. The van der Waals surface area contributed by atoms with Crippen LogP contribution in [0.3, 0.4) is 0 Å². The van der Waals surface area contributed by atoms with Gasteiger partial charge in [0, 0.05) is 19.8 Å². The molecule has 0 aromatic rings. The first-order valence-corrected chi connectivity index (χ1v) is 6.23. The number of nitrogens with one attached hydrogen (secondary N) is 1. The van der Waals surface area contributed by atoms with Crippen LogP contribution < -0.4 is 5.32 Å². The van der Waals surface area contributed by atoms with Crippen molar-refractivity contribution in [3.8, 4) is 0 Å². The van der Waals surface area contributed by atoms with E-state index in [1.807, 2.05) is 0 Å². The highest BCUT2D eigenvalue weighted by Crippen LogP contribution is 2.19. The van der Waals surface area contributed by atoms with Crippen LogP contribution in [0.4, 0.5) is 0 Å². The number of hydrogen-bond acceptors (Lipinski definition) is 2. The van der Waals surface area contributed by atoms with Gasteiger partial charge in [0.1, 0.15) is 0 Å². The third-order valence-corrected chi connectivity index (χ3v) is 3.08. The Kier molecular flexibility index (Phi) is 6.69. The molecule has 1 N–H and O–H groups in total. The van der Waals surface area contributed by atoms with E-state index in [0.717, 1.165) is 19.6 Å². The average molecular weight is 211 g/mol. The Labute approximate surface area is 94.1 Å². The molecule has 1 atom stereocenters. The standard InChI is InChI=1S/C13H25NO/c1-12(9-11-15-2)14-10-8-13-6-4-3-5-7-13/h6,12,14H,3-5,7-11H2,1-2H3. The number of hydrogen-bond donors (Lipinski definition) is 1. The molecule has 0 saturated heterocycles. The minimum Gasteiger partial charge on any atom is -0.385 e. The summed E-state index contributed by atoms with van der Waals surface area (Å²) >= 11 is 0. The van der Waals surface area contributed by atoms with Crippen LogP contribution >= 0.6 is 0 Å². The van der Waals surface area contributed by atoms with E-state index in [2.05, 4.69) is 18.3 Å². The first-order chi connectivity index (χ1) is 7.33. The predicted molar refractivity (Wildman–Crippen MR) is 65.1 cm³/mol. The molecular weight excluding hydrogens is 186 g/mol. The van der Waals surface area contributed by atoms with E-state index in [9.17, 15) is 0 Å². The second kappa shape index (κ2) is 7.89. The fourth-order valence-corrected chi connectivity index (χ4v) is 2.01. The number of ether oxygens (including phenoxy) is 1. The summed E-state index contributed by atoms with van der Waals surface area (Å²) in [5, 5.41) is 3.54. The molecule has 0 saturated carbocycles. The highest BCUT2D eigenvalue weighted by Gasteiger charge is 2.04. The summed E-state index contributed by atoms with van der Waals surface area (Å²) in [6, 6.07) is 0.578. The molecule has 1 rings (SSSR count). The van der Waals surface area contributed by atoms with Crippen LogP contribution in [0.2, 0.25) is 0 Å². The van der Waals surface area contributed by atoms with Crippen molar-refractivity contribution in [2.45, 2.75) is 51.5 Å². The van der Waals surface area contributed by atoms with Gasteiger partial charge in [0.2, 0.25) is 0 Å². The second-order valence-corrected chi connectivity index (χ2v) is 4.49. The molecule has 1 unspecified atom stereocenters. The van der Waals surface area contributed by atoms with Crippen LogP contribution in [0.25, 0.3) is 0 Å². The van der Waals surface area contributed by atoms with Crippen molar-refractivity contribution < 1.29 is 4.74 Å². The van der Waals surface area contributed by atoms with Crippen molar-refractivity contribution >= 4 is 0 Å². The molecule has 0 spiro atoms. The van der Waals surface area contributed by atoms with E-state index in [-0.39, 0.29) is 0 Å². The number of methoxy groups -OCH3 is 1. The molecule has 15 heavy (non-hydrogen) atoms. The molecule has 0 heterocycles. The van der Waals surface area contributed by atoms with Crippen molar-refractivity contribution in [1.29, 1.82) is 0 Å². The molecule has 0 radical (unpaired) electrons. The Bertz CT molecular complexity index is 189. The molecule has 2 nitrogen and oxygen atoms in total. The zero-order valence-electron chi connectivity index (χ0n) is 10.2. The van der Waals surface area contributed by atoms with Gasteiger partial charge in [-0.05, 0) is 52.0 Å². The second-order valence-electron chi connectivity index (χ2n) is 4.49. The summed E-state index contributed by atoms with van der Waals surface area (Å²) in [5.74, 6) is 0.